The first kappa shape index (κ1) is 15.6. The molecule has 0 saturated carbocycles. The predicted molar refractivity (Wildman–Crippen MR) is 78.0 cm³/mol. The zero-order valence-electron chi connectivity index (χ0n) is 11.4. The van der Waals surface area contributed by atoms with Crippen LogP contribution in [0.15, 0.2) is 24.3 Å². The highest BCUT2D eigenvalue weighted by Gasteiger charge is 2.16. The first-order chi connectivity index (χ1) is 9.94. The third-order valence-electron chi connectivity index (χ3n) is 3.03. The van der Waals surface area contributed by atoms with Crippen LogP contribution >= 0.6 is 0 Å². The lowest BCUT2D eigenvalue weighted by atomic mass is 10.1. The average Bonchev–Trinajstić information content (AvgIpc) is 2.40. The maximum absolute atomic E-state index is 11.5. The highest BCUT2D eigenvalue weighted by Crippen LogP contribution is 2.20. The summed E-state index contributed by atoms with van der Waals surface area (Å²) < 4.78 is 31.0. The van der Waals surface area contributed by atoms with Crippen molar-refractivity contribution in [1.82, 2.24) is 5.32 Å². The van der Waals surface area contributed by atoms with Crippen molar-refractivity contribution in [2.24, 2.45) is 0 Å². The molecule has 1 saturated heterocycles. The SMILES string of the molecule is O=C(O)CS(=O)(=O)Nc1ccc(OC2CCNCC2)cc1. The number of hydrogen-bond acceptors (Lipinski definition) is 5. The molecule has 1 aliphatic heterocycles. The minimum Gasteiger partial charge on any atom is -0.490 e. The van der Waals surface area contributed by atoms with Gasteiger partial charge in [-0.3, -0.25) is 9.52 Å². The van der Waals surface area contributed by atoms with Crippen LogP contribution in [-0.4, -0.2) is 44.4 Å². The molecule has 0 bridgehead atoms. The number of carboxylic acids is 1. The van der Waals surface area contributed by atoms with Gasteiger partial charge in [0.1, 0.15) is 11.9 Å². The van der Waals surface area contributed by atoms with Gasteiger partial charge >= 0.3 is 5.97 Å². The van der Waals surface area contributed by atoms with Crippen LogP contribution in [0.4, 0.5) is 5.69 Å². The molecule has 1 heterocycles. The number of rotatable bonds is 6. The smallest absolute Gasteiger partial charge is 0.320 e. The van der Waals surface area contributed by atoms with E-state index in [0.29, 0.717) is 11.4 Å². The van der Waals surface area contributed by atoms with Crippen LogP contribution < -0.4 is 14.8 Å². The lowest BCUT2D eigenvalue weighted by Gasteiger charge is -2.23. The number of anilines is 1. The number of hydrogen-bond donors (Lipinski definition) is 3. The largest absolute Gasteiger partial charge is 0.490 e. The van der Waals surface area contributed by atoms with Gasteiger partial charge in [-0.15, -0.1) is 0 Å². The fourth-order valence-electron chi connectivity index (χ4n) is 2.09. The Morgan fingerprint density at radius 3 is 2.48 bits per heavy atom. The Kier molecular flexibility index (Phi) is 5.03. The van der Waals surface area contributed by atoms with Crippen molar-refractivity contribution in [3.8, 4) is 5.75 Å². The second-order valence-electron chi connectivity index (χ2n) is 4.85. The molecular formula is C13H18N2O5S. The van der Waals surface area contributed by atoms with Crippen LogP contribution in [0, 0.1) is 0 Å². The van der Waals surface area contributed by atoms with Crippen LogP contribution in [0.5, 0.6) is 5.75 Å². The third kappa shape index (κ3) is 5.24. The van der Waals surface area contributed by atoms with E-state index in [1.807, 2.05) is 0 Å². The summed E-state index contributed by atoms with van der Waals surface area (Å²) >= 11 is 0. The number of sulfonamides is 1. The Morgan fingerprint density at radius 1 is 1.29 bits per heavy atom. The van der Waals surface area contributed by atoms with Gasteiger partial charge in [-0.25, -0.2) is 8.42 Å². The molecule has 2 rings (SSSR count). The molecule has 0 atom stereocenters. The number of aliphatic carboxylic acids is 1. The molecule has 0 aliphatic carbocycles. The molecule has 3 N–H and O–H groups in total. The summed E-state index contributed by atoms with van der Waals surface area (Å²) in [6.07, 6.45) is 2.04. The Labute approximate surface area is 123 Å². The number of carboxylic acid groups (broad SMARTS) is 1. The van der Waals surface area contributed by atoms with Gasteiger partial charge < -0.3 is 15.2 Å². The number of piperidine rings is 1. The summed E-state index contributed by atoms with van der Waals surface area (Å²) in [6.45, 7) is 1.86. The molecule has 0 amide bonds. The molecule has 1 aromatic rings. The molecule has 1 fully saturated rings. The van der Waals surface area contributed by atoms with Crippen LogP contribution in [0.2, 0.25) is 0 Å². The molecule has 21 heavy (non-hydrogen) atoms. The van der Waals surface area contributed by atoms with E-state index in [1.165, 1.54) is 0 Å². The summed E-state index contributed by atoms with van der Waals surface area (Å²) in [5.41, 5.74) is 0.314. The van der Waals surface area contributed by atoms with Gasteiger partial charge in [0.25, 0.3) is 0 Å². The van der Waals surface area contributed by atoms with E-state index in [0.717, 1.165) is 25.9 Å². The van der Waals surface area contributed by atoms with E-state index in [4.69, 9.17) is 9.84 Å². The van der Waals surface area contributed by atoms with Crippen molar-refractivity contribution < 1.29 is 23.1 Å². The molecule has 8 heteroatoms. The molecule has 1 aromatic carbocycles. The molecule has 0 spiro atoms. The van der Waals surface area contributed by atoms with Gasteiger partial charge in [-0.1, -0.05) is 0 Å². The Balaban J connectivity index is 1.93. The maximum Gasteiger partial charge on any atom is 0.320 e. The van der Waals surface area contributed by atoms with E-state index in [-0.39, 0.29) is 6.10 Å². The standard InChI is InChI=1S/C13H18N2O5S/c16-13(17)9-21(18,19)15-10-1-3-11(4-2-10)20-12-5-7-14-8-6-12/h1-4,12,14-15H,5-9H2,(H,16,17). The number of benzene rings is 1. The molecule has 0 radical (unpaired) electrons. The van der Waals surface area contributed by atoms with E-state index < -0.39 is 21.7 Å². The van der Waals surface area contributed by atoms with Crippen molar-refractivity contribution in [2.45, 2.75) is 18.9 Å². The minimum atomic E-state index is -3.87. The molecule has 116 valence electrons. The van der Waals surface area contributed by atoms with Gasteiger partial charge in [0.2, 0.25) is 10.0 Å². The summed E-state index contributed by atoms with van der Waals surface area (Å²) in [5, 5.41) is 11.8. The molecular weight excluding hydrogens is 296 g/mol. The molecule has 7 nitrogen and oxygen atoms in total. The van der Waals surface area contributed by atoms with Gasteiger partial charge in [0.05, 0.1) is 0 Å². The third-order valence-corrected chi connectivity index (χ3v) is 4.20. The van der Waals surface area contributed by atoms with Crippen LogP contribution in [0.25, 0.3) is 0 Å². The quantitative estimate of drug-likeness (QED) is 0.712. The summed E-state index contributed by atoms with van der Waals surface area (Å²) in [7, 11) is -3.87. The van der Waals surface area contributed by atoms with Gasteiger partial charge in [-0.05, 0) is 50.2 Å². The monoisotopic (exact) mass is 314 g/mol. The van der Waals surface area contributed by atoms with E-state index in [9.17, 15) is 13.2 Å². The zero-order chi connectivity index (χ0) is 15.3. The molecule has 0 unspecified atom stereocenters. The fourth-order valence-corrected chi connectivity index (χ4v) is 2.98. The lowest BCUT2D eigenvalue weighted by Crippen LogP contribution is -2.34. The summed E-state index contributed by atoms with van der Waals surface area (Å²) in [5.74, 6) is -1.68. The van der Waals surface area contributed by atoms with Crippen molar-refractivity contribution in [1.29, 1.82) is 0 Å². The van der Waals surface area contributed by atoms with E-state index >= 15 is 0 Å². The van der Waals surface area contributed by atoms with Crippen molar-refractivity contribution in [3.63, 3.8) is 0 Å². The first-order valence-corrected chi connectivity index (χ1v) is 8.29. The molecule has 1 aliphatic rings. The summed E-state index contributed by atoms with van der Waals surface area (Å²) in [4.78, 5) is 10.4. The maximum atomic E-state index is 11.5. The van der Waals surface area contributed by atoms with Gasteiger partial charge in [0.15, 0.2) is 5.75 Å². The van der Waals surface area contributed by atoms with Crippen LogP contribution in [0.3, 0.4) is 0 Å². The number of nitrogens with one attached hydrogen (secondary N) is 2. The normalized spacial score (nSPS) is 16.4. The second kappa shape index (κ2) is 6.77. The van der Waals surface area contributed by atoms with E-state index in [2.05, 4.69) is 10.0 Å². The molecule has 0 aromatic heterocycles. The second-order valence-corrected chi connectivity index (χ2v) is 6.57. The summed E-state index contributed by atoms with van der Waals surface area (Å²) in [6, 6.07) is 6.44. The van der Waals surface area contributed by atoms with Crippen LogP contribution in [0.1, 0.15) is 12.8 Å². The highest BCUT2D eigenvalue weighted by molar-refractivity contribution is 7.93. The number of ether oxygens (including phenoxy) is 1. The fraction of sp³-hybridized carbons (Fsp3) is 0.462. The first-order valence-electron chi connectivity index (χ1n) is 6.64. The van der Waals surface area contributed by atoms with Crippen LogP contribution in [-0.2, 0) is 14.8 Å². The Hall–Kier alpha value is -1.80. The predicted octanol–water partition coefficient (Wildman–Crippen LogP) is 0.644. The Morgan fingerprint density at radius 2 is 1.90 bits per heavy atom. The average molecular weight is 314 g/mol. The van der Waals surface area contributed by atoms with Gasteiger partial charge in [-0.2, -0.15) is 0 Å². The number of carbonyl (C=O) groups is 1. The lowest BCUT2D eigenvalue weighted by molar-refractivity contribution is -0.134. The topological polar surface area (TPSA) is 105 Å². The van der Waals surface area contributed by atoms with Crippen molar-refractivity contribution in [2.75, 3.05) is 23.6 Å². The highest BCUT2D eigenvalue weighted by atomic mass is 32.2. The van der Waals surface area contributed by atoms with Crippen molar-refractivity contribution in [3.05, 3.63) is 24.3 Å². The minimum absolute atomic E-state index is 0.167. The van der Waals surface area contributed by atoms with E-state index in [1.54, 1.807) is 24.3 Å². The van der Waals surface area contributed by atoms with Gasteiger partial charge in [0, 0.05) is 5.69 Å². The van der Waals surface area contributed by atoms with Crippen molar-refractivity contribution >= 4 is 21.7 Å². The Bertz CT molecular complexity index is 579. The zero-order valence-corrected chi connectivity index (χ0v) is 12.2.